The Balaban J connectivity index is 1.52. The number of hydrogen-bond donors (Lipinski definition) is 1. The van der Waals surface area contributed by atoms with Crippen molar-refractivity contribution in [2.75, 3.05) is 13.2 Å². The summed E-state index contributed by atoms with van der Waals surface area (Å²) in [5, 5.41) is 7.92. The number of ether oxygens (including phenoxy) is 2. The first kappa shape index (κ1) is 17.8. The molecule has 25 heavy (non-hydrogen) atoms. The third kappa shape index (κ3) is 4.32. The fourth-order valence-electron chi connectivity index (χ4n) is 2.74. The van der Waals surface area contributed by atoms with E-state index in [0.717, 1.165) is 12.0 Å². The average molecular weight is 364 g/mol. The van der Waals surface area contributed by atoms with Crippen LogP contribution in [0.2, 0.25) is 5.02 Å². The molecule has 1 N–H and O–H groups in total. The summed E-state index contributed by atoms with van der Waals surface area (Å²) in [5.41, 5.74) is 1.34. The molecule has 3 rings (SSSR count). The van der Waals surface area contributed by atoms with Gasteiger partial charge in [-0.1, -0.05) is 11.6 Å². The van der Waals surface area contributed by atoms with Crippen LogP contribution in [0.15, 0.2) is 30.5 Å². The molecule has 0 spiro atoms. The first-order valence-corrected chi connectivity index (χ1v) is 8.68. The molecular formula is C18H22ClN3O3. The van der Waals surface area contributed by atoms with Crippen LogP contribution in [0.4, 0.5) is 0 Å². The van der Waals surface area contributed by atoms with Crippen molar-refractivity contribution in [1.29, 1.82) is 0 Å². The van der Waals surface area contributed by atoms with Gasteiger partial charge in [0.1, 0.15) is 5.75 Å². The zero-order chi connectivity index (χ0) is 17.9. The molecule has 0 atom stereocenters. The van der Waals surface area contributed by atoms with Crippen LogP contribution >= 0.6 is 11.6 Å². The largest absolute Gasteiger partial charge is 0.478 e. The standard InChI is InChI=1S/C18H22ClN3O3/c1-18(2,25-15-5-3-14(19)4-6-15)17(23)20-8-9-22-16-7-10-24-12-13(16)11-21-22/h3-6,11H,7-10,12H2,1-2H3,(H,20,23). The summed E-state index contributed by atoms with van der Waals surface area (Å²) in [6, 6.07) is 6.95. The molecule has 2 aromatic rings. The zero-order valence-electron chi connectivity index (χ0n) is 14.4. The van der Waals surface area contributed by atoms with E-state index in [9.17, 15) is 4.79 Å². The number of carbonyl (C=O) groups excluding carboxylic acids is 1. The number of nitrogens with one attached hydrogen (secondary N) is 1. The molecule has 1 aromatic carbocycles. The first-order chi connectivity index (χ1) is 12.0. The highest BCUT2D eigenvalue weighted by Crippen LogP contribution is 2.21. The van der Waals surface area contributed by atoms with Gasteiger partial charge in [0.25, 0.3) is 5.91 Å². The van der Waals surface area contributed by atoms with Gasteiger partial charge in [0.2, 0.25) is 0 Å². The molecule has 134 valence electrons. The van der Waals surface area contributed by atoms with Crippen molar-refractivity contribution in [3.8, 4) is 5.75 Å². The Morgan fingerprint density at radius 2 is 2.16 bits per heavy atom. The Morgan fingerprint density at radius 3 is 2.92 bits per heavy atom. The summed E-state index contributed by atoms with van der Waals surface area (Å²) in [4.78, 5) is 12.4. The highest BCUT2D eigenvalue weighted by molar-refractivity contribution is 6.30. The van der Waals surface area contributed by atoms with Crippen LogP contribution < -0.4 is 10.1 Å². The van der Waals surface area contributed by atoms with Crippen molar-refractivity contribution in [3.05, 3.63) is 46.7 Å². The molecule has 1 aromatic heterocycles. The molecule has 6 nitrogen and oxygen atoms in total. The van der Waals surface area contributed by atoms with Crippen LogP contribution in [0.1, 0.15) is 25.1 Å². The van der Waals surface area contributed by atoms with Crippen LogP contribution in [0.25, 0.3) is 0 Å². The molecule has 1 aliphatic heterocycles. The van der Waals surface area contributed by atoms with Crippen molar-refractivity contribution in [2.24, 2.45) is 0 Å². The molecule has 1 aliphatic rings. The molecule has 0 aliphatic carbocycles. The Kier molecular flexibility index (Phi) is 5.30. The molecule has 7 heteroatoms. The fourth-order valence-corrected chi connectivity index (χ4v) is 2.86. The van der Waals surface area contributed by atoms with Gasteiger partial charge in [-0.25, -0.2) is 0 Å². The average Bonchev–Trinajstić information content (AvgIpc) is 3.00. The lowest BCUT2D eigenvalue weighted by Gasteiger charge is -2.25. The minimum absolute atomic E-state index is 0.174. The number of nitrogens with zero attached hydrogens (tertiary/aromatic N) is 2. The van der Waals surface area contributed by atoms with Crippen molar-refractivity contribution < 1.29 is 14.3 Å². The van der Waals surface area contributed by atoms with Crippen molar-refractivity contribution >= 4 is 17.5 Å². The minimum atomic E-state index is -0.981. The number of benzene rings is 1. The maximum atomic E-state index is 12.4. The van der Waals surface area contributed by atoms with E-state index in [1.54, 1.807) is 38.1 Å². The topological polar surface area (TPSA) is 65.4 Å². The quantitative estimate of drug-likeness (QED) is 0.856. The maximum Gasteiger partial charge on any atom is 0.263 e. The second-order valence-corrected chi connectivity index (χ2v) is 6.90. The number of hydrogen-bond acceptors (Lipinski definition) is 4. The summed E-state index contributed by atoms with van der Waals surface area (Å²) in [5.74, 6) is 0.428. The van der Waals surface area contributed by atoms with E-state index in [1.165, 1.54) is 5.69 Å². The lowest BCUT2D eigenvalue weighted by Crippen LogP contribution is -2.47. The van der Waals surface area contributed by atoms with Crippen molar-refractivity contribution in [3.63, 3.8) is 0 Å². The molecule has 0 radical (unpaired) electrons. The smallest absolute Gasteiger partial charge is 0.263 e. The van der Waals surface area contributed by atoms with Gasteiger partial charge in [-0.3, -0.25) is 9.48 Å². The number of fused-ring (bicyclic) bond motifs is 1. The lowest BCUT2D eigenvalue weighted by atomic mass is 10.1. The number of aromatic nitrogens is 2. The van der Waals surface area contributed by atoms with Crippen molar-refractivity contribution in [2.45, 2.75) is 39.0 Å². The molecule has 2 heterocycles. The van der Waals surface area contributed by atoms with Gasteiger partial charge in [-0.2, -0.15) is 5.10 Å². The van der Waals surface area contributed by atoms with Gasteiger partial charge in [-0.05, 0) is 38.1 Å². The molecule has 0 bridgehead atoms. The minimum Gasteiger partial charge on any atom is -0.478 e. The van der Waals surface area contributed by atoms with E-state index < -0.39 is 5.60 Å². The van der Waals surface area contributed by atoms with Crippen LogP contribution in [0, 0.1) is 0 Å². The highest BCUT2D eigenvalue weighted by Gasteiger charge is 2.29. The highest BCUT2D eigenvalue weighted by atomic mass is 35.5. The van der Waals surface area contributed by atoms with Crippen molar-refractivity contribution in [1.82, 2.24) is 15.1 Å². The molecular weight excluding hydrogens is 342 g/mol. The summed E-state index contributed by atoms with van der Waals surface area (Å²) in [6.45, 7) is 5.92. The number of carbonyl (C=O) groups is 1. The van der Waals surface area contributed by atoms with Crippen LogP contribution in [0.5, 0.6) is 5.75 Å². The number of amides is 1. The number of halogens is 1. The van der Waals surface area contributed by atoms with E-state index >= 15 is 0 Å². The van der Waals surface area contributed by atoms with Crippen LogP contribution in [-0.4, -0.2) is 34.4 Å². The monoisotopic (exact) mass is 363 g/mol. The number of rotatable bonds is 6. The normalized spacial score (nSPS) is 14.0. The van der Waals surface area contributed by atoms with Gasteiger partial charge in [0, 0.05) is 29.2 Å². The van der Waals surface area contributed by atoms with Gasteiger partial charge in [0.05, 0.1) is 26.0 Å². The zero-order valence-corrected chi connectivity index (χ0v) is 15.2. The second-order valence-electron chi connectivity index (χ2n) is 6.46. The summed E-state index contributed by atoms with van der Waals surface area (Å²) < 4.78 is 13.1. The fraction of sp³-hybridized carbons (Fsp3) is 0.444. The SMILES string of the molecule is CC(C)(Oc1ccc(Cl)cc1)C(=O)NCCn1ncc2c1CCOC2. The van der Waals surface area contributed by atoms with Crippen LogP contribution in [0.3, 0.4) is 0 Å². The summed E-state index contributed by atoms with van der Waals surface area (Å²) >= 11 is 5.86. The van der Waals surface area contributed by atoms with Gasteiger partial charge in [0.15, 0.2) is 5.60 Å². The Morgan fingerprint density at radius 1 is 1.40 bits per heavy atom. The molecule has 0 fully saturated rings. The molecule has 0 saturated heterocycles. The van der Waals surface area contributed by atoms with Gasteiger partial charge in [-0.15, -0.1) is 0 Å². The second kappa shape index (κ2) is 7.45. The third-order valence-corrected chi connectivity index (χ3v) is 4.37. The van der Waals surface area contributed by atoms with E-state index in [1.807, 2.05) is 10.9 Å². The maximum absolute atomic E-state index is 12.4. The lowest BCUT2D eigenvalue weighted by molar-refractivity contribution is -0.134. The summed E-state index contributed by atoms with van der Waals surface area (Å²) in [7, 11) is 0. The summed E-state index contributed by atoms with van der Waals surface area (Å²) in [6.07, 6.45) is 2.69. The molecule has 0 saturated carbocycles. The third-order valence-electron chi connectivity index (χ3n) is 4.12. The van der Waals surface area contributed by atoms with Gasteiger partial charge >= 0.3 is 0 Å². The van der Waals surface area contributed by atoms with E-state index in [4.69, 9.17) is 21.1 Å². The Bertz CT molecular complexity index is 741. The van der Waals surface area contributed by atoms with Gasteiger partial charge < -0.3 is 14.8 Å². The van der Waals surface area contributed by atoms with E-state index in [2.05, 4.69) is 10.4 Å². The Hall–Kier alpha value is -2.05. The molecule has 1 amide bonds. The van der Waals surface area contributed by atoms with E-state index in [0.29, 0.717) is 37.1 Å². The molecule has 0 unspecified atom stereocenters. The van der Waals surface area contributed by atoms with E-state index in [-0.39, 0.29) is 5.91 Å². The Labute approximate surface area is 152 Å². The van der Waals surface area contributed by atoms with Crippen LogP contribution in [-0.2, 0) is 29.1 Å². The predicted octanol–water partition coefficient (Wildman–Crippen LogP) is 2.58. The predicted molar refractivity (Wildman–Crippen MR) is 94.8 cm³/mol. The first-order valence-electron chi connectivity index (χ1n) is 8.30.